The standard InChI is InChI=1S/C28H36ClF3N6O4/c1-16-24(23(17(2)33)18(3)39)35-25(21-11-20(5-6-22(21)29)41-13-19(40)12-34-4)36-26(16)37-14-27(15-37)7-9-38(10-8-27)42-28(30,31)32/h5-6,11,19,33-34,39-40H,7-10,12-15H2,1-4H3/b23-18+,33-17?/t19-/m1/s1. The Hall–Kier alpha value is -2.97. The van der Waals surface area contributed by atoms with E-state index in [1.54, 1.807) is 32.2 Å². The number of anilines is 1. The molecule has 4 rings (SSSR count). The molecule has 0 aliphatic carbocycles. The minimum atomic E-state index is -4.71. The predicted molar refractivity (Wildman–Crippen MR) is 154 cm³/mol. The molecule has 2 aliphatic heterocycles. The summed E-state index contributed by atoms with van der Waals surface area (Å²) in [5.41, 5.74) is 1.71. The number of aromatic nitrogens is 2. The van der Waals surface area contributed by atoms with Crippen molar-refractivity contribution >= 4 is 28.7 Å². The van der Waals surface area contributed by atoms with Gasteiger partial charge in [-0.25, -0.2) is 14.8 Å². The third-order valence-corrected chi connectivity index (χ3v) is 7.85. The average molecular weight is 613 g/mol. The van der Waals surface area contributed by atoms with E-state index in [1.807, 2.05) is 11.8 Å². The van der Waals surface area contributed by atoms with Gasteiger partial charge in [-0.3, -0.25) is 0 Å². The molecule has 3 heterocycles. The van der Waals surface area contributed by atoms with Crippen molar-refractivity contribution in [1.29, 1.82) is 5.41 Å². The Bertz CT molecular complexity index is 1340. The Kier molecular flexibility index (Phi) is 9.68. The molecule has 0 saturated carbocycles. The minimum absolute atomic E-state index is 0.0536. The van der Waals surface area contributed by atoms with Crippen LogP contribution >= 0.6 is 11.6 Å². The number of rotatable bonds is 10. The molecular formula is C28H36ClF3N6O4. The Balaban J connectivity index is 1.66. The summed E-state index contributed by atoms with van der Waals surface area (Å²) in [6.07, 6.45) is -4.35. The number of hydrogen-bond acceptors (Lipinski definition) is 10. The lowest BCUT2D eigenvalue weighted by Gasteiger charge is -2.54. The van der Waals surface area contributed by atoms with E-state index in [9.17, 15) is 23.4 Å². The lowest BCUT2D eigenvalue weighted by molar-refractivity contribution is -0.418. The largest absolute Gasteiger partial charge is 0.539 e. The van der Waals surface area contributed by atoms with Crippen LogP contribution in [-0.2, 0) is 4.84 Å². The summed E-state index contributed by atoms with van der Waals surface area (Å²) in [5, 5.41) is 33.0. The number of allylic oxidation sites excluding steroid dienone is 2. The normalized spacial score (nSPS) is 18.5. The number of nitrogens with one attached hydrogen (secondary N) is 2. The molecule has 14 heteroatoms. The van der Waals surface area contributed by atoms with E-state index < -0.39 is 12.5 Å². The monoisotopic (exact) mass is 612 g/mol. The maximum absolute atomic E-state index is 12.7. The molecule has 2 saturated heterocycles. The Morgan fingerprint density at radius 3 is 2.45 bits per heavy atom. The van der Waals surface area contributed by atoms with Crippen molar-refractivity contribution in [2.24, 2.45) is 5.41 Å². The van der Waals surface area contributed by atoms with Gasteiger partial charge in [0.1, 0.15) is 30.0 Å². The highest BCUT2D eigenvalue weighted by molar-refractivity contribution is 6.33. The number of likely N-dealkylation sites (N-methyl/N-ethyl adjacent to an activating group) is 1. The van der Waals surface area contributed by atoms with Gasteiger partial charge in [-0.2, -0.15) is 5.06 Å². The first-order valence-corrected chi connectivity index (χ1v) is 14.0. The van der Waals surface area contributed by atoms with Gasteiger partial charge in [0.2, 0.25) is 0 Å². The van der Waals surface area contributed by atoms with Crippen molar-refractivity contribution in [1.82, 2.24) is 20.3 Å². The second-order valence-electron chi connectivity index (χ2n) is 10.9. The molecule has 2 aromatic rings. The summed E-state index contributed by atoms with van der Waals surface area (Å²) in [6, 6.07) is 4.99. The Morgan fingerprint density at radius 2 is 1.88 bits per heavy atom. The fourth-order valence-corrected chi connectivity index (χ4v) is 5.68. The summed E-state index contributed by atoms with van der Waals surface area (Å²) in [4.78, 5) is 15.7. The van der Waals surface area contributed by atoms with Gasteiger partial charge in [-0.1, -0.05) is 11.6 Å². The molecule has 0 amide bonds. The van der Waals surface area contributed by atoms with Gasteiger partial charge >= 0.3 is 6.36 Å². The second kappa shape index (κ2) is 12.7. The lowest BCUT2D eigenvalue weighted by Crippen LogP contribution is -2.61. The van der Waals surface area contributed by atoms with Crippen molar-refractivity contribution in [3.63, 3.8) is 0 Å². The smallest absolute Gasteiger partial charge is 0.512 e. The van der Waals surface area contributed by atoms with E-state index in [4.69, 9.17) is 31.7 Å². The van der Waals surface area contributed by atoms with Crippen LogP contribution in [0.3, 0.4) is 0 Å². The van der Waals surface area contributed by atoms with Crippen molar-refractivity contribution in [3.8, 4) is 17.1 Å². The van der Waals surface area contributed by atoms with E-state index in [2.05, 4.69) is 10.2 Å². The van der Waals surface area contributed by atoms with E-state index in [0.717, 1.165) is 5.06 Å². The van der Waals surface area contributed by atoms with E-state index >= 15 is 0 Å². The topological polar surface area (TPSA) is 127 Å². The van der Waals surface area contributed by atoms with Gasteiger partial charge < -0.3 is 30.6 Å². The summed E-state index contributed by atoms with van der Waals surface area (Å²) >= 11 is 6.59. The molecule has 1 aromatic heterocycles. The number of ether oxygens (including phenoxy) is 1. The van der Waals surface area contributed by atoms with Crippen LogP contribution in [0.15, 0.2) is 24.0 Å². The van der Waals surface area contributed by atoms with Gasteiger partial charge in [0, 0.05) is 55.0 Å². The SMILES string of the molecule is CNC[C@@H](O)COc1ccc(Cl)c(-c2nc(/C(C(C)=N)=C(\C)O)c(C)c(N3CC4(CCN(OC(F)(F)F)CC4)C3)n2)c1. The van der Waals surface area contributed by atoms with Crippen LogP contribution in [0, 0.1) is 17.7 Å². The highest BCUT2D eigenvalue weighted by atomic mass is 35.5. The number of aliphatic hydroxyl groups is 2. The van der Waals surface area contributed by atoms with Crippen molar-refractivity contribution in [2.45, 2.75) is 46.1 Å². The fraction of sp³-hybridized carbons (Fsp3) is 0.536. The number of alkyl halides is 3. The van der Waals surface area contributed by atoms with E-state index in [0.29, 0.717) is 65.9 Å². The lowest BCUT2D eigenvalue weighted by atomic mass is 9.72. The molecule has 0 radical (unpaired) electrons. The second-order valence-corrected chi connectivity index (χ2v) is 11.3. The third-order valence-electron chi connectivity index (χ3n) is 7.52. The first-order valence-electron chi connectivity index (χ1n) is 13.6. The van der Waals surface area contributed by atoms with Crippen LogP contribution < -0.4 is 15.0 Å². The highest BCUT2D eigenvalue weighted by Gasteiger charge is 2.47. The minimum Gasteiger partial charge on any atom is -0.512 e. The fourth-order valence-electron chi connectivity index (χ4n) is 5.48. The van der Waals surface area contributed by atoms with Gasteiger partial charge in [0.15, 0.2) is 5.82 Å². The van der Waals surface area contributed by atoms with Gasteiger partial charge in [-0.15, -0.1) is 13.2 Å². The zero-order valence-electron chi connectivity index (χ0n) is 24.0. The number of nitrogens with zero attached hydrogens (tertiary/aromatic N) is 4. The molecule has 42 heavy (non-hydrogen) atoms. The van der Waals surface area contributed by atoms with Crippen LogP contribution in [0.4, 0.5) is 19.0 Å². The first kappa shape index (κ1) is 32.0. The maximum atomic E-state index is 12.7. The number of hydrogen-bond donors (Lipinski definition) is 4. The summed E-state index contributed by atoms with van der Waals surface area (Å²) in [7, 11) is 1.73. The molecule has 1 aromatic carbocycles. The molecule has 2 fully saturated rings. The van der Waals surface area contributed by atoms with Gasteiger partial charge in [-0.05, 0) is 58.9 Å². The summed E-state index contributed by atoms with van der Waals surface area (Å²) < 4.78 is 43.7. The Morgan fingerprint density at radius 1 is 1.21 bits per heavy atom. The van der Waals surface area contributed by atoms with Crippen LogP contribution in [-0.4, -0.2) is 89.8 Å². The Labute approximate surface area is 247 Å². The molecule has 4 N–H and O–H groups in total. The van der Waals surface area contributed by atoms with Crippen molar-refractivity contribution < 1.29 is 33.0 Å². The van der Waals surface area contributed by atoms with Gasteiger partial charge in [0.25, 0.3) is 0 Å². The summed E-state index contributed by atoms with van der Waals surface area (Å²) in [5.74, 6) is 1.22. The molecule has 1 spiro atoms. The predicted octanol–water partition coefficient (Wildman–Crippen LogP) is 4.75. The summed E-state index contributed by atoms with van der Waals surface area (Å²) in [6.45, 7) is 6.76. The zero-order chi connectivity index (χ0) is 30.8. The number of benzene rings is 1. The molecule has 2 aliphatic rings. The highest BCUT2D eigenvalue weighted by Crippen LogP contribution is 2.45. The number of halogens is 4. The maximum Gasteiger partial charge on any atom is 0.539 e. The quantitative estimate of drug-likeness (QED) is 0.222. The van der Waals surface area contributed by atoms with Crippen LogP contribution in [0.25, 0.3) is 17.0 Å². The third kappa shape index (κ3) is 7.32. The van der Waals surface area contributed by atoms with Crippen LogP contribution in [0.5, 0.6) is 5.75 Å². The zero-order valence-corrected chi connectivity index (χ0v) is 24.7. The molecule has 230 valence electrons. The number of aliphatic hydroxyl groups excluding tert-OH is 2. The van der Waals surface area contributed by atoms with Crippen LogP contribution in [0.2, 0.25) is 5.02 Å². The van der Waals surface area contributed by atoms with Crippen molar-refractivity contribution in [2.75, 3.05) is 51.3 Å². The van der Waals surface area contributed by atoms with E-state index in [-0.39, 0.29) is 48.0 Å². The molecule has 10 nitrogen and oxygen atoms in total. The average Bonchev–Trinajstić information content (AvgIpc) is 2.88. The number of hydroxylamine groups is 2. The molecular weight excluding hydrogens is 577 g/mol. The molecule has 0 bridgehead atoms. The molecule has 0 unspecified atom stereocenters. The van der Waals surface area contributed by atoms with Crippen LogP contribution in [0.1, 0.15) is 37.9 Å². The van der Waals surface area contributed by atoms with E-state index in [1.165, 1.54) is 6.92 Å². The molecule has 1 atom stereocenters. The van der Waals surface area contributed by atoms with Gasteiger partial charge in [0.05, 0.1) is 16.3 Å². The van der Waals surface area contributed by atoms with Crippen molar-refractivity contribution in [3.05, 3.63) is 40.2 Å². The number of piperidine rings is 1. The first-order chi connectivity index (χ1) is 19.7.